The molecule has 0 saturated heterocycles. The molecule has 2 aromatic carbocycles. The Morgan fingerprint density at radius 3 is 2.19 bits per heavy atom. The number of hydrogen-bond donors (Lipinski definition) is 3. The van der Waals surface area contributed by atoms with Gasteiger partial charge in [0, 0.05) is 32.0 Å². The van der Waals surface area contributed by atoms with Crippen LogP contribution < -0.4 is 20.9 Å². The third kappa shape index (κ3) is 8.00. The third-order valence-corrected chi connectivity index (χ3v) is 4.53. The van der Waals surface area contributed by atoms with Crippen molar-refractivity contribution in [1.82, 2.24) is 10.6 Å². The van der Waals surface area contributed by atoms with Crippen molar-refractivity contribution in [2.24, 2.45) is 5.92 Å². The van der Waals surface area contributed by atoms with Gasteiger partial charge in [0.2, 0.25) is 0 Å². The molecule has 31 heavy (non-hydrogen) atoms. The molecule has 0 aliphatic heterocycles. The van der Waals surface area contributed by atoms with Crippen molar-refractivity contribution in [2.45, 2.75) is 26.4 Å². The molecule has 0 aliphatic rings. The minimum Gasteiger partial charge on any atom is -0.454 e. The number of ether oxygens (including phenoxy) is 1. The quantitative estimate of drug-likeness (QED) is 0.536. The molecule has 0 spiro atoms. The Bertz CT molecular complexity index is 867. The summed E-state index contributed by atoms with van der Waals surface area (Å²) in [6.45, 7) is 3.48. The summed E-state index contributed by atoms with van der Waals surface area (Å²) in [6.07, 6.45) is 0. The van der Waals surface area contributed by atoms with E-state index in [1.165, 1.54) is 0 Å². The van der Waals surface area contributed by atoms with Crippen LogP contribution in [0.3, 0.4) is 0 Å². The second-order valence-electron chi connectivity index (χ2n) is 7.63. The second kappa shape index (κ2) is 11.6. The Morgan fingerprint density at radius 2 is 1.61 bits per heavy atom. The van der Waals surface area contributed by atoms with E-state index < -0.39 is 30.6 Å². The van der Waals surface area contributed by atoms with E-state index in [4.69, 9.17) is 4.74 Å². The first-order valence-electron chi connectivity index (χ1n) is 10.1. The van der Waals surface area contributed by atoms with Crippen LogP contribution in [0.5, 0.6) is 0 Å². The highest BCUT2D eigenvalue weighted by Crippen LogP contribution is 2.12. The summed E-state index contributed by atoms with van der Waals surface area (Å²) < 4.78 is 5.12. The first-order chi connectivity index (χ1) is 14.8. The lowest BCUT2D eigenvalue weighted by Crippen LogP contribution is -2.47. The summed E-state index contributed by atoms with van der Waals surface area (Å²) in [6, 6.07) is 15.3. The maximum atomic E-state index is 12.4. The van der Waals surface area contributed by atoms with Gasteiger partial charge < -0.3 is 25.6 Å². The van der Waals surface area contributed by atoms with Crippen LogP contribution in [0, 0.1) is 5.92 Å². The molecule has 8 nitrogen and oxygen atoms in total. The van der Waals surface area contributed by atoms with Crippen LogP contribution in [0.15, 0.2) is 54.6 Å². The van der Waals surface area contributed by atoms with Gasteiger partial charge in [0.25, 0.3) is 5.91 Å². The van der Waals surface area contributed by atoms with E-state index >= 15 is 0 Å². The number of esters is 1. The van der Waals surface area contributed by atoms with Gasteiger partial charge in [-0.25, -0.2) is 9.59 Å². The fraction of sp³-hybridized carbons (Fsp3) is 0.348. The van der Waals surface area contributed by atoms with Crippen molar-refractivity contribution < 1.29 is 19.1 Å². The monoisotopic (exact) mass is 426 g/mol. The van der Waals surface area contributed by atoms with Crippen LogP contribution in [0.2, 0.25) is 0 Å². The minimum absolute atomic E-state index is 0.215. The van der Waals surface area contributed by atoms with Gasteiger partial charge in [0.05, 0.1) is 0 Å². The number of para-hydroxylation sites is 1. The third-order valence-electron chi connectivity index (χ3n) is 4.53. The number of rotatable bonds is 9. The van der Waals surface area contributed by atoms with Crippen LogP contribution >= 0.6 is 0 Å². The van der Waals surface area contributed by atoms with Gasteiger partial charge in [0.1, 0.15) is 6.04 Å². The van der Waals surface area contributed by atoms with Crippen molar-refractivity contribution in [1.29, 1.82) is 0 Å². The summed E-state index contributed by atoms with van der Waals surface area (Å²) >= 11 is 0. The van der Waals surface area contributed by atoms with Crippen LogP contribution in [0.4, 0.5) is 16.2 Å². The molecule has 3 N–H and O–H groups in total. The Morgan fingerprint density at radius 1 is 0.968 bits per heavy atom. The predicted octanol–water partition coefficient (Wildman–Crippen LogP) is 2.76. The molecule has 0 heterocycles. The highest BCUT2D eigenvalue weighted by molar-refractivity contribution is 5.93. The van der Waals surface area contributed by atoms with Gasteiger partial charge in [-0.2, -0.15) is 0 Å². The number of amides is 3. The summed E-state index contributed by atoms with van der Waals surface area (Å²) in [4.78, 5) is 38.6. The summed E-state index contributed by atoms with van der Waals surface area (Å²) in [5, 5.41) is 7.97. The maximum Gasteiger partial charge on any atom is 0.329 e. The molecule has 0 saturated carbocycles. The molecule has 1 atom stereocenters. The van der Waals surface area contributed by atoms with Crippen molar-refractivity contribution in [2.75, 3.05) is 30.9 Å². The lowest BCUT2D eigenvalue weighted by Gasteiger charge is -2.21. The van der Waals surface area contributed by atoms with Gasteiger partial charge in [-0.15, -0.1) is 0 Å². The summed E-state index contributed by atoms with van der Waals surface area (Å²) in [7, 11) is 3.91. The molecule has 0 unspecified atom stereocenters. The Balaban J connectivity index is 1.79. The van der Waals surface area contributed by atoms with E-state index in [9.17, 15) is 14.4 Å². The van der Waals surface area contributed by atoms with Crippen LogP contribution in [-0.2, 0) is 20.9 Å². The molecule has 0 aromatic heterocycles. The van der Waals surface area contributed by atoms with E-state index in [2.05, 4.69) is 16.0 Å². The summed E-state index contributed by atoms with van der Waals surface area (Å²) in [5.74, 6) is -1.29. The highest BCUT2D eigenvalue weighted by Gasteiger charge is 2.26. The molecule has 0 bridgehead atoms. The maximum absolute atomic E-state index is 12.4. The van der Waals surface area contributed by atoms with Crippen molar-refractivity contribution in [3.63, 3.8) is 0 Å². The van der Waals surface area contributed by atoms with Crippen molar-refractivity contribution in [3.05, 3.63) is 60.2 Å². The largest absolute Gasteiger partial charge is 0.454 e. The highest BCUT2D eigenvalue weighted by atomic mass is 16.5. The zero-order valence-corrected chi connectivity index (χ0v) is 18.3. The number of nitrogens with one attached hydrogen (secondary N) is 3. The van der Waals surface area contributed by atoms with E-state index in [-0.39, 0.29) is 5.92 Å². The molecule has 2 aromatic rings. The first-order valence-corrected chi connectivity index (χ1v) is 10.1. The Labute approximate surface area is 183 Å². The number of nitrogens with zero attached hydrogens (tertiary/aromatic N) is 1. The number of hydrogen-bond acceptors (Lipinski definition) is 5. The Kier molecular flexibility index (Phi) is 8.87. The van der Waals surface area contributed by atoms with Gasteiger partial charge in [-0.3, -0.25) is 4.79 Å². The SMILES string of the molecule is CC(C)[C@H](NC(=O)Nc1ccccc1)C(=O)OCC(=O)NCc1ccc(N(C)C)cc1. The molecule has 2 rings (SSSR count). The lowest BCUT2D eigenvalue weighted by molar-refractivity contribution is -0.151. The molecule has 3 amide bonds. The van der Waals surface area contributed by atoms with Crippen LogP contribution in [0.25, 0.3) is 0 Å². The molecular weight excluding hydrogens is 396 g/mol. The van der Waals surface area contributed by atoms with Crippen LogP contribution in [0.1, 0.15) is 19.4 Å². The number of carbonyl (C=O) groups is 3. The standard InChI is InChI=1S/C23H30N4O4/c1-16(2)21(26-23(30)25-18-8-6-5-7-9-18)22(29)31-15-20(28)24-14-17-10-12-19(13-11-17)27(3)4/h5-13,16,21H,14-15H2,1-4H3,(H,24,28)(H2,25,26,30)/t21-/m0/s1. The normalized spacial score (nSPS) is 11.4. The number of benzene rings is 2. The topological polar surface area (TPSA) is 99.8 Å². The van der Waals surface area contributed by atoms with Crippen molar-refractivity contribution in [3.8, 4) is 0 Å². The fourth-order valence-electron chi connectivity index (χ4n) is 2.72. The smallest absolute Gasteiger partial charge is 0.329 e. The van der Waals surface area contributed by atoms with E-state index in [1.54, 1.807) is 38.1 Å². The summed E-state index contributed by atoms with van der Waals surface area (Å²) in [5.41, 5.74) is 2.60. The van der Waals surface area contributed by atoms with E-state index in [1.807, 2.05) is 49.3 Å². The number of urea groups is 1. The average molecular weight is 427 g/mol. The molecule has 0 aliphatic carbocycles. The predicted molar refractivity (Wildman–Crippen MR) is 121 cm³/mol. The van der Waals surface area contributed by atoms with Gasteiger partial charge >= 0.3 is 12.0 Å². The van der Waals surface area contributed by atoms with E-state index in [0.717, 1.165) is 11.3 Å². The molecule has 0 fully saturated rings. The van der Waals surface area contributed by atoms with Gasteiger partial charge in [-0.05, 0) is 35.7 Å². The fourth-order valence-corrected chi connectivity index (χ4v) is 2.72. The molecule has 8 heteroatoms. The van der Waals surface area contributed by atoms with E-state index in [0.29, 0.717) is 12.2 Å². The van der Waals surface area contributed by atoms with Crippen molar-refractivity contribution >= 4 is 29.3 Å². The van der Waals surface area contributed by atoms with Gasteiger partial charge in [-0.1, -0.05) is 44.2 Å². The zero-order valence-electron chi connectivity index (χ0n) is 18.3. The Hall–Kier alpha value is -3.55. The molecule has 166 valence electrons. The minimum atomic E-state index is -0.880. The zero-order chi connectivity index (χ0) is 22.8. The van der Waals surface area contributed by atoms with Crippen LogP contribution in [-0.4, -0.2) is 44.7 Å². The van der Waals surface area contributed by atoms with Gasteiger partial charge in [0.15, 0.2) is 6.61 Å². The second-order valence-corrected chi connectivity index (χ2v) is 7.63. The molecular formula is C23H30N4O4. The average Bonchev–Trinajstić information content (AvgIpc) is 2.75. The molecule has 0 radical (unpaired) electrons. The lowest BCUT2D eigenvalue weighted by atomic mass is 10.1. The first kappa shape index (κ1) is 23.7. The number of anilines is 2. The number of carbonyl (C=O) groups excluding carboxylic acids is 3.